The zero-order valence-corrected chi connectivity index (χ0v) is 63.2. The van der Waals surface area contributed by atoms with Gasteiger partial charge in [-0.25, -0.2) is 4.98 Å². The summed E-state index contributed by atoms with van der Waals surface area (Å²) in [5.74, 6) is 2.77. The topological polar surface area (TPSA) is 298 Å². The number of ether oxygens (including phenoxy) is 17. The molecule has 6 rings (SSSR count). The minimum Gasteiger partial charge on any atom is -0.495 e. The predicted octanol–water partition coefficient (Wildman–Crippen LogP) is 10.8. The Hall–Kier alpha value is -7.05. The van der Waals surface area contributed by atoms with E-state index in [2.05, 4.69) is 65.5 Å². The molecule has 0 radical (unpaired) electrons. The molecular formula is C81H119N5O20. The van der Waals surface area contributed by atoms with Gasteiger partial charge < -0.3 is 97.3 Å². The second kappa shape index (κ2) is 57.1. The number of pyridine rings is 2. The molecule has 0 aliphatic carbocycles. The first-order valence-electron chi connectivity index (χ1n) is 37.8. The number of aromatic nitrogens is 2. The molecule has 25 nitrogen and oxygen atoms in total. The maximum absolute atomic E-state index is 12.9. The van der Waals surface area contributed by atoms with Crippen LogP contribution in [0.25, 0.3) is 21.8 Å². The van der Waals surface area contributed by atoms with Crippen molar-refractivity contribution in [3.05, 3.63) is 125 Å². The molecule has 0 saturated heterocycles. The zero-order valence-electron chi connectivity index (χ0n) is 63.2. The maximum atomic E-state index is 12.9. The molecule has 106 heavy (non-hydrogen) atoms. The fourth-order valence-corrected chi connectivity index (χ4v) is 10.8. The molecule has 0 aliphatic rings. The molecule has 588 valence electrons. The first-order chi connectivity index (χ1) is 52.1. The fourth-order valence-electron chi connectivity index (χ4n) is 10.8. The van der Waals surface area contributed by atoms with Crippen molar-refractivity contribution in [3.8, 4) is 17.2 Å². The molecule has 0 spiro atoms. The van der Waals surface area contributed by atoms with E-state index in [1.54, 1.807) is 25.3 Å². The second-order valence-electron chi connectivity index (χ2n) is 25.3. The predicted molar refractivity (Wildman–Crippen MR) is 408 cm³/mol. The van der Waals surface area contributed by atoms with Crippen molar-refractivity contribution in [3.63, 3.8) is 0 Å². The normalized spacial score (nSPS) is 11.5. The number of ketones is 2. The van der Waals surface area contributed by atoms with Crippen molar-refractivity contribution in [1.29, 1.82) is 0 Å². The Bertz CT molecular complexity index is 3330. The molecule has 0 unspecified atom stereocenters. The number of anilines is 2. The van der Waals surface area contributed by atoms with E-state index in [9.17, 15) is 14.4 Å². The third-order valence-electron chi connectivity index (χ3n) is 16.8. The lowest BCUT2D eigenvalue weighted by Gasteiger charge is -2.12. The van der Waals surface area contributed by atoms with Crippen molar-refractivity contribution in [1.82, 2.24) is 15.3 Å². The van der Waals surface area contributed by atoms with Crippen molar-refractivity contribution >= 4 is 50.8 Å². The molecular weight excluding hydrogens is 1360 g/mol. The Kier molecular flexibility index (Phi) is 47.3. The Balaban J connectivity index is 0.573. The van der Waals surface area contributed by atoms with E-state index in [1.165, 1.54) is 11.1 Å². The van der Waals surface area contributed by atoms with Gasteiger partial charge in [-0.1, -0.05) is 42.5 Å². The maximum Gasteiger partial charge on any atom is 0.220 e. The number of carbonyl (C=O) groups excluding carboxylic acids is 3. The van der Waals surface area contributed by atoms with Crippen LogP contribution in [0.15, 0.2) is 91.1 Å². The van der Waals surface area contributed by atoms with Crippen molar-refractivity contribution in [2.45, 2.75) is 110 Å². The van der Waals surface area contributed by atoms with Gasteiger partial charge >= 0.3 is 0 Å². The van der Waals surface area contributed by atoms with Crippen molar-refractivity contribution < 1.29 is 94.9 Å². The molecule has 2 aromatic heterocycles. The molecule has 25 heteroatoms. The van der Waals surface area contributed by atoms with Crippen LogP contribution in [0.4, 0.5) is 11.5 Å². The largest absolute Gasteiger partial charge is 0.495 e. The summed E-state index contributed by atoms with van der Waals surface area (Å²) in [5.41, 5.74) is 20.7. The van der Waals surface area contributed by atoms with Crippen molar-refractivity contribution in [2.75, 3.05) is 217 Å². The number of amides is 1. The van der Waals surface area contributed by atoms with Crippen LogP contribution in [0, 0.1) is 13.8 Å². The van der Waals surface area contributed by atoms with Crippen LogP contribution in [0.1, 0.15) is 115 Å². The number of hydrogen-bond acceptors (Lipinski definition) is 24. The summed E-state index contributed by atoms with van der Waals surface area (Å²) in [6, 6.07) is 27.6. The lowest BCUT2D eigenvalue weighted by molar-refractivity contribution is -0.122. The molecule has 0 bridgehead atoms. The van der Waals surface area contributed by atoms with Gasteiger partial charge in [0.25, 0.3) is 0 Å². The SMILES string of the molecule is COc1ccc(OCCCC(=O)NCCOCCOCCOCCOCCOCCOCCOCCOCCOCCOCCCCCOCCC(=O)CCCCOCCOCCOCCCCC(=O)c2ccc(COc3ccc(CCc4cnc5c(N)nc6cc(C)ccc6c5c4)c(C)c3)cc2)cc1N. The Morgan fingerprint density at radius 2 is 0.915 bits per heavy atom. The van der Waals surface area contributed by atoms with Gasteiger partial charge in [0.05, 0.1) is 183 Å². The van der Waals surface area contributed by atoms with Crippen LogP contribution in [0.3, 0.4) is 0 Å². The number of fused-ring (bicyclic) bond motifs is 3. The summed E-state index contributed by atoms with van der Waals surface area (Å²) < 4.78 is 95.2. The van der Waals surface area contributed by atoms with Crippen LogP contribution >= 0.6 is 0 Å². The molecule has 0 fully saturated rings. The summed E-state index contributed by atoms with van der Waals surface area (Å²) in [5, 5.41) is 4.92. The number of nitrogens with zero attached hydrogens (tertiary/aromatic N) is 2. The van der Waals surface area contributed by atoms with Gasteiger partial charge in [0.1, 0.15) is 35.2 Å². The minimum atomic E-state index is -0.0555. The Morgan fingerprint density at radius 3 is 1.45 bits per heavy atom. The van der Waals surface area contributed by atoms with Gasteiger partial charge in [-0.2, -0.15) is 0 Å². The van der Waals surface area contributed by atoms with Crippen LogP contribution in [-0.2, 0) is 95.4 Å². The van der Waals surface area contributed by atoms with Crippen LogP contribution in [0.2, 0.25) is 0 Å². The van der Waals surface area contributed by atoms with Gasteiger partial charge in [-0.15, -0.1) is 0 Å². The third-order valence-corrected chi connectivity index (χ3v) is 16.8. The number of hydrogen-bond donors (Lipinski definition) is 3. The van der Waals surface area contributed by atoms with Crippen LogP contribution in [-0.4, -0.2) is 233 Å². The lowest BCUT2D eigenvalue weighted by Crippen LogP contribution is -2.27. The summed E-state index contributed by atoms with van der Waals surface area (Å²) in [7, 11) is 1.56. The quantitative estimate of drug-likeness (QED) is 0.0138. The number of Topliss-reactive ketones (excluding diaryl/α,β-unsaturated/α-hetero) is 2. The minimum absolute atomic E-state index is 0.0555. The number of methoxy groups -OCH3 is 1. The number of unbranched alkanes of at least 4 members (excludes halogenated alkanes) is 4. The number of nitrogens with one attached hydrogen (secondary N) is 1. The summed E-state index contributed by atoms with van der Waals surface area (Å²) >= 11 is 0. The van der Waals surface area contributed by atoms with E-state index in [4.69, 9.17) is 92.0 Å². The summed E-state index contributed by atoms with van der Waals surface area (Å²) in [6.07, 6.45) is 12.0. The molecule has 4 aromatic carbocycles. The van der Waals surface area contributed by atoms with E-state index in [0.717, 1.165) is 102 Å². The van der Waals surface area contributed by atoms with Crippen molar-refractivity contribution in [2.24, 2.45) is 0 Å². The number of aryl methyl sites for hydroxylation is 4. The highest BCUT2D eigenvalue weighted by Crippen LogP contribution is 2.30. The standard InChI is InChI=1S/C81H119N5O20/c1-64-15-25-73-74-60-67(62-85-80(74)81(83)86-76(73)58-64)18-19-68-22-23-71(59-65(68)2)106-63-66-16-20-69(21-17-66)77(88)13-6-10-32-94-38-42-96-41-37-93-31-9-5-12-70(87)27-34-91-29-7-4-8-30-92-36-40-97-44-46-99-48-50-101-52-54-103-56-57-104-55-53-102-51-49-100-47-45-98-43-39-95-35-28-84-79(89)14-11-33-105-72-24-26-78(90-3)75(82)61-72/h15-17,20-26,58-62H,4-14,18-19,27-57,63,82H2,1-3H3,(H2,83,86)(H,84,89). The summed E-state index contributed by atoms with van der Waals surface area (Å²) in [4.78, 5) is 46.5. The fraction of sp³-hybridized carbons (Fsp3) is 0.593. The van der Waals surface area contributed by atoms with E-state index < -0.39 is 0 Å². The number of benzene rings is 4. The average molecular weight is 1480 g/mol. The molecule has 2 heterocycles. The number of rotatable bonds is 68. The van der Waals surface area contributed by atoms with Gasteiger partial charge in [0, 0.05) is 87.3 Å². The third kappa shape index (κ3) is 39.7. The highest BCUT2D eigenvalue weighted by atomic mass is 16.6. The zero-order chi connectivity index (χ0) is 75.0. The van der Waals surface area contributed by atoms with Gasteiger partial charge in [0.2, 0.25) is 5.91 Å². The Labute approximate surface area is 627 Å². The monoisotopic (exact) mass is 1480 g/mol. The number of nitrogen functional groups attached to an aromatic ring is 2. The van der Waals surface area contributed by atoms with E-state index in [1.807, 2.05) is 36.5 Å². The van der Waals surface area contributed by atoms with E-state index in [0.29, 0.717) is 265 Å². The van der Waals surface area contributed by atoms with Gasteiger partial charge in [-0.05, 0) is 142 Å². The molecule has 6 aromatic rings. The van der Waals surface area contributed by atoms with E-state index >= 15 is 0 Å². The second-order valence-corrected chi connectivity index (χ2v) is 25.3. The average Bonchev–Trinajstić information content (AvgIpc) is 0.771. The number of carbonyl (C=O) groups is 3. The first-order valence-corrected chi connectivity index (χ1v) is 37.8. The smallest absolute Gasteiger partial charge is 0.220 e. The molecule has 0 aliphatic heterocycles. The molecule has 0 atom stereocenters. The van der Waals surface area contributed by atoms with Gasteiger partial charge in [-0.3, -0.25) is 19.4 Å². The molecule has 1 amide bonds. The van der Waals surface area contributed by atoms with Crippen LogP contribution in [0.5, 0.6) is 17.2 Å². The highest BCUT2D eigenvalue weighted by molar-refractivity contribution is 6.08. The highest BCUT2D eigenvalue weighted by Gasteiger charge is 2.13. The lowest BCUT2D eigenvalue weighted by atomic mass is 9.99. The first kappa shape index (κ1) is 87.9. The van der Waals surface area contributed by atoms with E-state index in [-0.39, 0.29) is 17.5 Å². The molecule has 5 N–H and O–H groups in total. The Morgan fingerprint density at radius 1 is 0.415 bits per heavy atom. The summed E-state index contributed by atoms with van der Waals surface area (Å²) in [6.45, 7) is 19.3. The number of nitrogens with two attached hydrogens (primary N) is 2. The van der Waals surface area contributed by atoms with Crippen LogP contribution < -0.4 is 31.0 Å². The molecule has 0 saturated carbocycles. The van der Waals surface area contributed by atoms with Gasteiger partial charge in [0.15, 0.2) is 11.6 Å².